The normalized spacial score (nSPS) is 17.5. The average molecular weight is 467 g/mol. The molecule has 2 amide bonds. The molecule has 2 aromatic rings. The fraction of sp³-hybridized carbons (Fsp3) is 0.526. The zero-order chi connectivity index (χ0) is 22.6. The Bertz CT molecular complexity index is 1070. The van der Waals surface area contributed by atoms with Gasteiger partial charge >= 0.3 is 0 Å². The lowest BCUT2D eigenvalue weighted by Crippen LogP contribution is -2.45. The highest BCUT2D eigenvalue weighted by Crippen LogP contribution is 2.22. The number of nitrogens with zero attached hydrogens (tertiary/aromatic N) is 5. The number of carbonyl (C=O) groups is 2. The Morgan fingerprint density at radius 3 is 2.77 bits per heavy atom. The molecule has 1 N–H and O–H groups in total. The molecule has 1 aliphatic heterocycles. The number of thioether (sulfide) groups is 1. The molecule has 168 valence electrons. The van der Waals surface area contributed by atoms with Gasteiger partial charge < -0.3 is 10.2 Å². The van der Waals surface area contributed by atoms with Gasteiger partial charge in [-0.3, -0.25) is 9.59 Å². The van der Waals surface area contributed by atoms with E-state index in [1.54, 1.807) is 11.6 Å². The molecular formula is C19H26N6O4S2. The minimum atomic E-state index is -3.08. The van der Waals surface area contributed by atoms with Crippen LogP contribution in [0.5, 0.6) is 0 Å². The van der Waals surface area contributed by atoms with Crippen LogP contribution in [0, 0.1) is 13.8 Å². The molecule has 0 radical (unpaired) electrons. The van der Waals surface area contributed by atoms with E-state index in [4.69, 9.17) is 0 Å². The third kappa shape index (κ3) is 6.03. The van der Waals surface area contributed by atoms with Crippen LogP contribution in [0.15, 0.2) is 23.4 Å². The van der Waals surface area contributed by atoms with Gasteiger partial charge in [0, 0.05) is 12.6 Å². The summed E-state index contributed by atoms with van der Waals surface area (Å²) in [5, 5.41) is 15.0. The van der Waals surface area contributed by atoms with E-state index >= 15 is 0 Å². The van der Waals surface area contributed by atoms with Crippen molar-refractivity contribution in [1.82, 2.24) is 30.4 Å². The van der Waals surface area contributed by atoms with Crippen LogP contribution in [-0.4, -0.2) is 81.7 Å². The number of rotatable bonds is 8. The molecule has 10 nitrogen and oxygen atoms in total. The Balaban J connectivity index is 1.58. The van der Waals surface area contributed by atoms with E-state index in [0.717, 1.165) is 16.8 Å². The molecule has 12 heteroatoms. The molecule has 2 heterocycles. The zero-order valence-corrected chi connectivity index (χ0v) is 19.4. The van der Waals surface area contributed by atoms with E-state index in [9.17, 15) is 18.0 Å². The smallest absolute Gasteiger partial charge is 0.239 e. The Morgan fingerprint density at radius 1 is 1.32 bits per heavy atom. The molecule has 1 aromatic carbocycles. The number of hydrogen-bond donors (Lipinski definition) is 1. The van der Waals surface area contributed by atoms with E-state index in [-0.39, 0.29) is 41.7 Å². The Kier molecular flexibility index (Phi) is 7.31. The molecule has 1 atom stereocenters. The molecule has 1 aromatic heterocycles. The number of carbonyl (C=O) groups excluding carboxylic acids is 2. The second kappa shape index (κ2) is 9.77. The van der Waals surface area contributed by atoms with Gasteiger partial charge in [-0.05, 0) is 54.8 Å². The topological polar surface area (TPSA) is 127 Å². The van der Waals surface area contributed by atoms with Gasteiger partial charge in [0.1, 0.15) is 0 Å². The zero-order valence-electron chi connectivity index (χ0n) is 17.7. The monoisotopic (exact) mass is 466 g/mol. The number of amides is 2. The lowest BCUT2D eigenvalue weighted by Gasteiger charge is -2.21. The predicted molar refractivity (Wildman–Crippen MR) is 117 cm³/mol. The van der Waals surface area contributed by atoms with Crippen LogP contribution in [0.2, 0.25) is 0 Å². The maximum Gasteiger partial charge on any atom is 0.239 e. The van der Waals surface area contributed by atoms with Crippen LogP contribution in [0.4, 0.5) is 0 Å². The van der Waals surface area contributed by atoms with E-state index in [2.05, 4.69) is 20.8 Å². The third-order valence-corrected chi connectivity index (χ3v) is 7.70. The summed E-state index contributed by atoms with van der Waals surface area (Å²) in [5.41, 5.74) is 2.92. The summed E-state index contributed by atoms with van der Waals surface area (Å²) in [6.07, 6.45) is 0.408. The van der Waals surface area contributed by atoms with E-state index in [1.165, 1.54) is 16.7 Å². The van der Waals surface area contributed by atoms with Crippen LogP contribution in [-0.2, 0) is 19.4 Å². The van der Waals surface area contributed by atoms with Crippen LogP contribution in [0.3, 0.4) is 0 Å². The number of nitrogens with one attached hydrogen (secondary N) is 1. The third-order valence-electron chi connectivity index (χ3n) is 5.02. The number of aromatic nitrogens is 4. The molecule has 0 saturated carbocycles. The summed E-state index contributed by atoms with van der Waals surface area (Å²) in [6.45, 7) is 5.97. The number of tetrazole rings is 1. The SMILES string of the molecule is CCN(CC(=O)N[C@@H]1CCS(=O)(=O)C1)C(=O)CSc1nnnn1-c1cc(C)ccc1C. The molecule has 0 bridgehead atoms. The fourth-order valence-electron chi connectivity index (χ4n) is 3.32. The summed E-state index contributed by atoms with van der Waals surface area (Å²) in [6, 6.07) is 5.58. The lowest BCUT2D eigenvalue weighted by atomic mass is 10.1. The largest absolute Gasteiger partial charge is 0.351 e. The second-order valence-electron chi connectivity index (χ2n) is 7.53. The van der Waals surface area contributed by atoms with Crippen molar-refractivity contribution in [1.29, 1.82) is 0 Å². The molecule has 1 saturated heterocycles. The molecule has 0 unspecified atom stereocenters. The van der Waals surface area contributed by atoms with Gasteiger partial charge in [0.25, 0.3) is 0 Å². The first-order valence-corrected chi connectivity index (χ1v) is 12.8. The number of sulfone groups is 1. The van der Waals surface area contributed by atoms with Crippen molar-refractivity contribution in [2.45, 2.75) is 38.4 Å². The van der Waals surface area contributed by atoms with Gasteiger partial charge in [0.15, 0.2) is 9.84 Å². The second-order valence-corrected chi connectivity index (χ2v) is 10.7. The summed E-state index contributed by atoms with van der Waals surface area (Å²) < 4.78 is 24.7. The summed E-state index contributed by atoms with van der Waals surface area (Å²) >= 11 is 1.20. The van der Waals surface area contributed by atoms with E-state index in [1.807, 2.05) is 32.0 Å². The van der Waals surface area contributed by atoms with Crippen LogP contribution in [0.25, 0.3) is 5.69 Å². The van der Waals surface area contributed by atoms with Crippen molar-refractivity contribution in [2.75, 3.05) is 30.3 Å². The molecule has 0 aliphatic carbocycles. The Labute approximate surface area is 185 Å². The van der Waals surface area contributed by atoms with Gasteiger partial charge in [-0.15, -0.1) is 5.10 Å². The highest BCUT2D eigenvalue weighted by atomic mass is 32.2. The minimum absolute atomic E-state index is 0.0459. The maximum atomic E-state index is 12.7. The van der Waals surface area contributed by atoms with Gasteiger partial charge in [-0.2, -0.15) is 4.68 Å². The number of likely N-dealkylation sites (N-methyl/N-ethyl adjacent to an activating group) is 1. The van der Waals surface area contributed by atoms with Gasteiger partial charge in [0.2, 0.25) is 17.0 Å². The van der Waals surface area contributed by atoms with Crippen molar-refractivity contribution in [3.8, 4) is 5.69 Å². The first-order valence-electron chi connectivity index (χ1n) is 9.95. The molecule has 1 aliphatic rings. The van der Waals surface area contributed by atoms with Gasteiger partial charge in [-0.25, -0.2) is 8.42 Å². The summed E-state index contributed by atoms with van der Waals surface area (Å²) in [4.78, 5) is 26.4. The van der Waals surface area contributed by atoms with Crippen LogP contribution < -0.4 is 5.32 Å². The van der Waals surface area contributed by atoms with Crippen molar-refractivity contribution in [3.05, 3.63) is 29.3 Å². The average Bonchev–Trinajstić information content (AvgIpc) is 3.31. The molecular weight excluding hydrogens is 440 g/mol. The van der Waals surface area contributed by atoms with E-state index < -0.39 is 9.84 Å². The summed E-state index contributed by atoms with van der Waals surface area (Å²) in [5.74, 6) is -0.472. The molecule has 31 heavy (non-hydrogen) atoms. The van der Waals surface area contributed by atoms with Crippen LogP contribution >= 0.6 is 11.8 Å². The fourth-order valence-corrected chi connectivity index (χ4v) is 5.78. The quantitative estimate of drug-likeness (QED) is 0.558. The first kappa shape index (κ1) is 23.2. The standard InChI is InChI=1S/C19H26N6O4S2/c1-4-24(10-17(26)20-15-7-8-31(28,29)12-15)18(27)11-30-19-21-22-23-25(19)16-9-13(2)5-6-14(16)3/h5-6,9,15H,4,7-8,10-12H2,1-3H3,(H,20,26)/t15-/m1/s1. The van der Waals surface area contributed by atoms with Crippen molar-refractivity contribution >= 4 is 33.4 Å². The van der Waals surface area contributed by atoms with E-state index in [0.29, 0.717) is 18.1 Å². The van der Waals surface area contributed by atoms with Crippen molar-refractivity contribution in [2.24, 2.45) is 0 Å². The van der Waals surface area contributed by atoms with Crippen molar-refractivity contribution < 1.29 is 18.0 Å². The highest BCUT2D eigenvalue weighted by molar-refractivity contribution is 7.99. The van der Waals surface area contributed by atoms with Gasteiger partial charge in [-0.1, -0.05) is 23.9 Å². The molecule has 1 fully saturated rings. The highest BCUT2D eigenvalue weighted by Gasteiger charge is 2.29. The lowest BCUT2D eigenvalue weighted by molar-refractivity contribution is -0.134. The Morgan fingerprint density at radius 2 is 2.10 bits per heavy atom. The Hall–Kier alpha value is -2.47. The first-order chi connectivity index (χ1) is 14.7. The number of aryl methyl sites for hydroxylation is 2. The number of hydrogen-bond acceptors (Lipinski definition) is 8. The maximum absolute atomic E-state index is 12.7. The minimum Gasteiger partial charge on any atom is -0.351 e. The predicted octanol–water partition coefficient (Wildman–Crippen LogP) is 0.523. The summed E-state index contributed by atoms with van der Waals surface area (Å²) in [7, 11) is -3.08. The van der Waals surface area contributed by atoms with Crippen LogP contribution in [0.1, 0.15) is 24.5 Å². The van der Waals surface area contributed by atoms with Gasteiger partial charge in [0.05, 0.1) is 29.5 Å². The molecule has 0 spiro atoms. The molecule has 3 rings (SSSR count). The van der Waals surface area contributed by atoms with Crippen molar-refractivity contribution in [3.63, 3.8) is 0 Å². The number of benzene rings is 1.